The average molecular weight is 213 g/mol. The van der Waals surface area contributed by atoms with Crippen LogP contribution < -0.4 is 5.32 Å². The van der Waals surface area contributed by atoms with Crippen molar-refractivity contribution < 1.29 is 14.7 Å². The molecule has 0 aliphatic heterocycles. The van der Waals surface area contributed by atoms with Crippen LogP contribution in [0.1, 0.15) is 39.5 Å². The largest absolute Gasteiger partial charge is 0.481 e. The smallest absolute Gasteiger partial charge is 0.306 e. The fraction of sp³-hybridized carbons (Fsp3) is 0.818. The summed E-state index contributed by atoms with van der Waals surface area (Å²) in [6.07, 6.45) is 2.74. The average Bonchev–Trinajstić information content (AvgIpc) is 2.66. The number of hydrogen-bond acceptors (Lipinski definition) is 2. The van der Waals surface area contributed by atoms with E-state index in [9.17, 15) is 9.59 Å². The van der Waals surface area contributed by atoms with E-state index in [0.29, 0.717) is 19.3 Å². The Balaban J connectivity index is 2.40. The van der Waals surface area contributed by atoms with E-state index in [1.54, 1.807) is 0 Å². The lowest BCUT2D eigenvalue weighted by Gasteiger charge is -2.15. The first-order valence-corrected chi connectivity index (χ1v) is 5.57. The van der Waals surface area contributed by atoms with Gasteiger partial charge in [-0.25, -0.2) is 0 Å². The second-order valence-corrected chi connectivity index (χ2v) is 4.36. The number of aliphatic carboxylic acids is 1. The second kappa shape index (κ2) is 5.14. The molecule has 15 heavy (non-hydrogen) atoms. The van der Waals surface area contributed by atoms with E-state index in [1.165, 1.54) is 0 Å². The summed E-state index contributed by atoms with van der Waals surface area (Å²) in [5.74, 6) is -1.17. The van der Waals surface area contributed by atoms with Crippen molar-refractivity contribution in [3.05, 3.63) is 0 Å². The summed E-state index contributed by atoms with van der Waals surface area (Å²) in [5, 5.41) is 11.7. The Kier molecular flexibility index (Phi) is 4.12. The number of amides is 1. The summed E-state index contributed by atoms with van der Waals surface area (Å²) in [7, 11) is 0. The lowest BCUT2D eigenvalue weighted by atomic mass is 10.0. The van der Waals surface area contributed by atoms with Gasteiger partial charge in [-0.3, -0.25) is 9.59 Å². The standard InChI is InChI=1S/C11H19NO3/c1-3-7(2)12-10(13)8-4-5-9(6-8)11(14)15/h7-9H,3-6H2,1-2H3,(H,12,13)(H,14,15). The third-order valence-electron chi connectivity index (χ3n) is 3.15. The highest BCUT2D eigenvalue weighted by atomic mass is 16.4. The fourth-order valence-corrected chi connectivity index (χ4v) is 1.91. The molecular formula is C11H19NO3. The molecule has 1 rings (SSSR count). The van der Waals surface area contributed by atoms with Crippen LogP contribution in [-0.2, 0) is 9.59 Å². The van der Waals surface area contributed by atoms with E-state index in [4.69, 9.17) is 5.11 Å². The number of rotatable bonds is 4. The molecule has 1 amide bonds. The Morgan fingerprint density at radius 2 is 2.00 bits per heavy atom. The molecule has 86 valence electrons. The molecule has 4 nitrogen and oxygen atoms in total. The molecule has 1 aliphatic carbocycles. The number of hydrogen-bond donors (Lipinski definition) is 2. The second-order valence-electron chi connectivity index (χ2n) is 4.36. The summed E-state index contributed by atoms with van der Waals surface area (Å²) >= 11 is 0. The molecule has 0 aromatic carbocycles. The van der Waals surface area contributed by atoms with Crippen LogP contribution in [0.5, 0.6) is 0 Å². The zero-order valence-corrected chi connectivity index (χ0v) is 9.32. The summed E-state index contributed by atoms with van der Waals surface area (Å²) in [6.45, 7) is 3.97. The van der Waals surface area contributed by atoms with Crippen molar-refractivity contribution in [1.82, 2.24) is 5.32 Å². The van der Waals surface area contributed by atoms with Gasteiger partial charge in [-0.05, 0) is 32.6 Å². The Hall–Kier alpha value is -1.06. The van der Waals surface area contributed by atoms with E-state index >= 15 is 0 Å². The van der Waals surface area contributed by atoms with Gasteiger partial charge in [0.15, 0.2) is 0 Å². The van der Waals surface area contributed by atoms with Crippen LogP contribution in [0.4, 0.5) is 0 Å². The number of carbonyl (C=O) groups is 2. The van der Waals surface area contributed by atoms with Gasteiger partial charge in [-0.1, -0.05) is 6.92 Å². The van der Waals surface area contributed by atoms with Gasteiger partial charge >= 0.3 is 5.97 Å². The SMILES string of the molecule is CCC(C)NC(=O)C1CCC(C(=O)O)C1. The zero-order valence-electron chi connectivity index (χ0n) is 9.32. The van der Waals surface area contributed by atoms with E-state index in [-0.39, 0.29) is 23.8 Å². The van der Waals surface area contributed by atoms with Gasteiger partial charge in [0.25, 0.3) is 0 Å². The number of carbonyl (C=O) groups excluding carboxylic acids is 1. The molecule has 0 saturated heterocycles. The Morgan fingerprint density at radius 3 is 2.47 bits per heavy atom. The van der Waals surface area contributed by atoms with Crippen molar-refractivity contribution in [1.29, 1.82) is 0 Å². The molecular weight excluding hydrogens is 194 g/mol. The van der Waals surface area contributed by atoms with Crippen LogP contribution in [0.25, 0.3) is 0 Å². The Bertz CT molecular complexity index is 252. The van der Waals surface area contributed by atoms with Crippen LogP contribution in [0, 0.1) is 11.8 Å². The van der Waals surface area contributed by atoms with Crippen LogP contribution in [-0.4, -0.2) is 23.0 Å². The minimum atomic E-state index is -0.770. The third-order valence-corrected chi connectivity index (χ3v) is 3.15. The van der Waals surface area contributed by atoms with Gasteiger partial charge < -0.3 is 10.4 Å². The molecule has 0 aromatic heterocycles. The summed E-state index contributed by atoms with van der Waals surface area (Å²) in [4.78, 5) is 22.4. The van der Waals surface area contributed by atoms with Crippen LogP contribution in [0.15, 0.2) is 0 Å². The monoisotopic (exact) mass is 213 g/mol. The molecule has 4 heteroatoms. The molecule has 0 aromatic rings. The molecule has 2 N–H and O–H groups in total. The Morgan fingerprint density at radius 1 is 1.40 bits per heavy atom. The van der Waals surface area contributed by atoms with E-state index in [2.05, 4.69) is 5.32 Å². The first-order chi connectivity index (χ1) is 7.04. The fourth-order valence-electron chi connectivity index (χ4n) is 1.91. The van der Waals surface area contributed by atoms with Crippen LogP contribution in [0.2, 0.25) is 0 Å². The summed E-state index contributed by atoms with van der Waals surface area (Å²) < 4.78 is 0. The molecule has 0 bridgehead atoms. The highest BCUT2D eigenvalue weighted by molar-refractivity contribution is 5.81. The molecule has 0 heterocycles. The maximum Gasteiger partial charge on any atom is 0.306 e. The quantitative estimate of drug-likeness (QED) is 0.741. The molecule has 3 atom stereocenters. The molecule has 0 spiro atoms. The molecule has 0 radical (unpaired) electrons. The van der Waals surface area contributed by atoms with Crippen molar-refractivity contribution in [3.63, 3.8) is 0 Å². The van der Waals surface area contributed by atoms with Crippen molar-refractivity contribution in [2.75, 3.05) is 0 Å². The number of carboxylic acid groups (broad SMARTS) is 1. The van der Waals surface area contributed by atoms with Crippen molar-refractivity contribution >= 4 is 11.9 Å². The number of carboxylic acids is 1. The molecule has 1 aliphatic rings. The van der Waals surface area contributed by atoms with Gasteiger partial charge in [0.2, 0.25) is 5.91 Å². The predicted octanol–water partition coefficient (Wildman–Crippen LogP) is 1.40. The van der Waals surface area contributed by atoms with Crippen LogP contribution >= 0.6 is 0 Å². The molecule has 1 fully saturated rings. The van der Waals surface area contributed by atoms with Gasteiger partial charge in [0.05, 0.1) is 5.92 Å². The summed E-state index contributed by atoms with van der Waals surface area (Å²) in [6, 6.07) is 0.182. The number of nitrogens with one attached hydrogen (secondary N) is 1. The zero-order chi connectivity index (χ0) is 11.4. The topological polar surface area (TPSA) is 66.4 Å². The third kappa shape index (κ3) is 3.22. The highest BCUT2D eigenvalue weighted by Gasteiger charge is 2.33. The van der Waals surface area contributed by atoms with E-state index in [1.807, 2.05) is 13.8 Å². The van der Waals surface area contributed by atoms with E-state index in [0.717, 1.165) is 6.42 Å². The first kappa shape index (κ1) is 12.0. The van der Waals surface area contributed by atoms with Gasteiger partial charge in [-0.15, -0.1) is 0 Å². The maximum absolute atomic E-state index is 11.7. The maximum atomic E-state index is 11.7. The lowest BCUT2D eigenvalue weighted by Crippen LogP contribution is -2.36. The summed E-state index contributed by atoms with van der Waals surface area (Å²) in [5.41, 5.74) is 0. The van der Waals surface area contributed by atoms with Crippen molar-refractivity contribution in [2.45, 2.75) is 45.6 Å². The minimum Gasteiger partial charge on any atom is -0.481 e. The normalized spacial score (nSPS) is 27.3. The highest BCUT2D eigenvalue weighted by Crippen LogP contribution is 2.31. The van der Waals surface area contributed by atoms with Gasteiger partial charge in [-0.2, -0.15) is 0 Å². The van der Waals surface area contributed by atoms with E-state index < -0.39 is 5.97 Å². The van der Waals surface area contributed by atoms with Crippen molar-refractivity contribution in [2.24, 2.45) is 11.8 Å². The first-order valence-electron chi connectivity index (χ1n) is 5.57. The molecule has 1 saturated carbocycles. The Labute approximate surface area is 90.0 Å². The van der Waals surface area contributed by atoms with Gasteiger partial charge in [0.1, 0.15) is 0 Å². The lowest BCUT2D eigenvalue weighted by molar-refractivity contribution is -0.141. The minimum absolute atomic E-state index is 0.0214. The van der Waals surface area contributed by atoms with Crippen molar-refractivity contribution in [3.8, 4) is 0 Å². The van der Waals surface area contributed by atoms with Crippen LogP contribution in [0.3, 0.4) is 0 Å². The molecule has 3 unspecified atom stereocenters. The van der Waals surface area contributed by atoms with Gasteiger partial charge in [0, 0.05) is 12.0 Å². The predicted molar refractivity (Wildman–Crippen MR) is 56.4 cm³/mol.